The summed E-state index contributed by atoms with van der Waals surface area (Å²) in [6, 6.07) is 0. The van der Waals surface area contributed by atoms with Gasteiger partial charge in [-0.15, -0.1) is 0 Å². The van der Waals surface area contributed by atoms with E-state index in [-0.39, 0.29) is 6.61 Å². The highest BCUT2D eigenvalue weighted by Crippen LogP contribution is 2.23. The minimum atomic E-state index is -0.497. The van der Waals surface area contributed by atoms with Crippen LogP contribution in [-0.4, -0.2) is 22.4 Å². The van der Waals surface area contributed by atoms with Crippen molar-refractivity contribution in [1.29, 1.82) is 0 Å². The molecule has 0 spiro atoms. The molecule has 0 saturated carbocycles. The highest BCUT2D eigenvalue weighted by molar-refractivity contribution is 4.75. The number of hydrogen-bond donors (Lipinski definition) is 2. The normalized spacial score (nSPS) is 14.8. The first-order chi connectivity index (χ1) is 5.58. The first-order valence-electron chi connectivity index (χ1n) is 4.91. The maximum absolute atomic E-state index is 9.89. The maximum Gasteiger partial charge on any atom is 0.0642 e. The Hall–Kier alpha value is -0.0800. The lowest BCUT2D eigenvalue weighted by Gasteiger charge is -2.26. The molecule has 0 rings (SSSR count). The van der Waals surface area contributed by atoms with E-state index in [1.165, 1.54) is 0 Å². The molecule has 0 amide bonds. The summed E-state index contributed by atoms with van der Waals surface area (Å²) >= 11 is 0. The Balaban J connectivity index is 3.72. The molecule has 0 aromatic carbocycles. The van der Waals surface area contributed by atoms with E-state index in [1.807, 2.05) is 20.8 Å². The Morgan fingerprint density at radius 2 is 1.75 bits per heavy atom. The zero-order valence-corrected chi connectivity index (χ0v) is 8.51. The first kappa shape index (κ1) is 11.9. The number of aliphatic hydroxyl groups is 2. The van der Waals surface area contributed by atoms with Gasteiger partial charge >= 0.3 is 0 Å². The summed E-state index contributed by atoms with van der Waals surface area (Å²) in [4.78, 5) is 0. The lowest BCUT2D eigenvalue weighted by molar-refractivity contribution is 0.0159. The zero-order valence-electron chi connectivity index (χ0n) is 8.51. The molecule has 1 atom stereocenters. The Bertz CT molecular complexity index is 108. The van der Waals surface area contributed by atoms with Crippen molar-refractivity contribution in [3.8, 4) is 0 Å². The third kappa shape index (κ3) is 4.07. The molecule has 2 N–H and O–H groups in total. The molecule has 0 fully saturated rings. The lowest BCUT2D eigenvalue weighted by Crippen LogP contribution is -2.27. The van der Waals surface area contributed by atoms with E-state index in [0.717, 1.165) is 25.7 Å². The Morgan fingerprint density at radius 3 is 2.08 bits per heavy atom. The van der Waals surface area contributed by atoms with Gasteiger partial charge in [-0.3, -0.25) is 0 Å². The highest BCUT2D eigenvalue weighted by atomic mass is 16.3. The van der Waals surface area contributed by atoms with Crippen molar-refractivity contribution < 1.29 is 10.2 Å². The molecule has 74 valence electrons. The van der Waals surface area contributed by atoms with Gasteiger partial charge in [0, 0.05) is 6.61 Å². The van der Waals surface area contributed by atoms with Gasteiger partial charge in [0.1, 0.15) is 0 Å². The summed E-state index contributed by atoms with van der Waals surface area (Å²) in [6.07, 6.45) is 3.33. The van der Waals surface area contributed by atoms with Crippen LogP contribution in [0.1, 0.15) is 46.5 Å². The molecule has 0 aliphatic heterocycles. The van der Waals surface area contributed by atoms with Crippen molar-refractivity contribution in [1.82, 2.24) is 0 Å². The van der Waals surface area contributed by atoms with Gasteiger partial charge in [-0.1, -0.05) is 20.8 Å². The molecular formula is C10H22O2. The number of rotatable bonds is 6. The van der Waals surface area contributed by atoms with Crippen LogP contribution in [-0.2, 0) is 0 Å². The van der Waals surface area contributed by atoms with Gasteiger partial charge in [0.05, 0.1) is 5.60 Å². The largest absolute Gasteiger partial charge is 0.396 e. The summed E-state index contributed by atoms with van der Waals surface area (Å²) in [5.74, 6) is 0.314. The molecule has 0 heterocycles. The van der Waals surface area contributed by atoms with Crippen molar-refractivity contribution in [3.05, 3.63) is 0 Å². The highest BCUT2D eigenvalue weighted by Gasteiger charge is 2.22. The second kappa shape index (κ2) is 5.55. The fourth-order valence-electron chi connectivity index (χ4n) is 1.21. The maximum atomic E-state index is 9.89. The average Bonchev–Trinajstić information content (AvgIpc) is 2.13. The molecule has 0 bridgehead atoms. The molecule has 0 aromatic heterocycles. The molecule has 0 saturated heterocycles. The standard InChI is InChI=1S/C10H22O2/c1-4-10(12,5-2)7-6-9(3)8-11/h9,11-12H,4-8H2,1-3H3. The van der Waals surface area contributed by atoms with Crippen LogP contribution in [0.25, 0.3) is 0 Å². The van der Waals surface area contributed by atoms with Gasteiger partial charge in [-0.05, 0) is 31.6 Å². The van der Waals surface area contributed by atoms with Gasteiger partial charge in [-0.25, -0.2) is 0 Å². The van der Waals surface area contributed by atoms with Gasteiger partial charge in [0.2, 0.25) is 0 Å². The fraction of sp³-hybridized carbons (Fsp3) is 1.00. The lowest BCUT2D eigenvalue weighted by atomic mass is 9.89. The third-order valence-electron chi connectivity index (χ3n) is 2.73. The van der Waals surface area contributed by atoms with E-state index in [9.17, 15) is 5.11 Å². The smallest absolute Gasteiger partial charge is 0.0642 e. The molecular weight excluding hydrogens is 152 g/mol. The van der Waals surface area contributed by atoms with Crippen molar-refractivity contribution in [2.24, 2.45) is 5.92 Å². The molecule has 0 aromatic rings. The first-order valence-corrected chi connectivity index (χ1v) is 4.91. The fourth-order valence-corrected chi connectivity index (χ4v) is 1.21. The third-order valence-corrected chi connectivity index (χ3v) is 2.73. The number of aliphatic hydroxyl groups excluding tert-OH is 1. The molecule has 12 heavy (non-hydrogen) atoms. The summed E-state index contributed by atoms with van der Waals surface area (Å²) < 4.78 is 0. The van der Waals surface area contributed by atoms with E-state index in [0.29, 0.717) is 5.92 Å². The average molecular weight is 174 g/mol. The zero-order chi connectivity index (χ0) is 9.61. The van der Waals surface area contributed by atoms with Crippen LogP contribution in [0.2, 0.25) is 0 Å². The summed E-state index contributed by atoms with van der Waals surface area (Å²) in [7, 11) is 0. The van der Waals surface area contributed by atoms with E-state index < -0.39 is 5.60 Å². The molecule has 0 aliphatic carbocycles. The van der Waals surface area contributed by atoms with Crippen molar-refractivity contribution >= 4 is 0 Å². The Labute approximate surface area is 75.6 Å². The molecule has 2 heteroatoms. The number of hydrogen-bond acceptors (Lipinski definition) is 2. The quantitative estimate of drug-likeness (QED) is 0.646. The van der Waals surface area contributed by atoms with E-state index in [4.69, 9.17) is 5.11 Å². The van der Waals surface area contributed by atoms with Gasteiger partial charge in [0.25, 0.3) is 0 Å². The molecule has 2 nitrogen and oxygen atoms in total. The second-order valence-corrected chi connectivity index (χ2v) is 3.76. The Morgan fingerprint density at radius 1 is 1.25 bits per heavy atom. The van der Waals surface area contributed by atoms with E-state index in [2.05, 4.69) is 0 Å². The van der Waals surface area contributed by atoms with Crippen molar-refractivity contribution in [3.63, 3.8) is 0 Å². The minimum Gasteiger partial charge on any atom is -0.396 e. The monoisotopic (exact) mass is 174 g/mol. The predicted octanol–water partition coefficient (Wildman–Crippen LogP) is 1.95. The van der Waals surface area contributed by atoms with Crippen LogP contribution >= 0.6 is 0 Å². The van der Waals surface area contributed by atoms with Crippen LogP contribution in [0.3, 0.4) is 0 Å². The summed E-state index contributed by atoms with van der Waals surface area (Å²) in [5.41, 5.74) is -0.497. The van der Waals surface area contributed by atoms with Crippen LogP contribution < -0.4 is 0 Å². The molecule has 1 unspecified atom stereocenters. The minimum absolute atomic E-state index is 0.226. The summed E-state index contributed by atoms with van der Waals surface area (Å²) in [5, 5.41) is 18.7. The van der Waals surface area contributed by atoms with Gasteiger partial charge in [0.15, 0.2) is 0 Å². The topological polar surface area (TPSA) is 40.5 Å². The van der Waals surface area contributed by atoms with Crippen LogP contribution in [0.4, 0.5) is 0 Å². The van der Waals surface area contributed by atoms with Gasteiger partial charge in [-0.2, -0.15) is 0 Å². The Kier molecular flexibility index (Phi) is 5.51. The van der Waals surface area contributed by atoms with E-state index >= 15 is 0 Å². The van der Waals surface area contributed by atoms with Crippen molar-refractivity contribution in [2.75, 3.05) is 6.61 Å². The predicted molar refractivity (Wildman–Crippen MR) is 51.0 cm³/mol. The second-order valence-electron chi connectivity index (χ2n) is 3.76. The molecule has 0 aliphatic rings. The van der Waals surface area contributed by atoms with Crippen molar-refractivity contribution in [2.45, 2.75) is 52.1 Å². The SMILES string of the molecule is CCC(O)(CC)CCC(C)CO. The van der Waals surface area contributed by atoms with Gasteiger partial charge < -0.3 is 10.2 Å². The molecule has 0 radical (unpaired) electrons. The summed E-state index contributed by atoms with van der Waals surface area (Å²) in [6.45, 7) is 6.25. The van der Waals surface area contributed by atoms with Crippen LogP contribution in [0.5, 0.6) is 0 Å². The van der Waals surface area contributed by atoms with Crippen LogP contribution in [0, 0.1) is 5.92 Å². The van der Waals surface area contributed by atoms with Crippen LogP contribution in [0.15, 0.2) is 0 Å². The van der Waals surface area contributed by atoms with E-state index in [1.54, 1.807) is 0 Å².